The first-order valence-electron chi connectivity index (χ1n) is 14.5. The molecule has 5 heteroatoms. The van der Waals surface area contributed by atoms with Crippen LogP contribution < -0.4 is 9.47 Å². The molecule has 0 fully saturated rings. The smallest absolute Gasteiger partial charge is 0.184 e. The summed E-state index contributed by atoms with van der Waals surface area (Å²) < 4.78 is 43.1. The predicted octanol–water partition coefficient (Wildman–Crippen LogP) is 8.88. The SMILES string of the molecule is CCCCCC/C=C\c1c2c(cc(OC)c1OC)C(CCCCCCC)=[N+](Cc1c(F)cccc1F)CC2. The lowest BCUT2D eigenvalue weighted by molar-refractivity contribution is -0.546. The highest BCUT2D eigenvalue weighted by Gasteiger charge is 2.31. The lowest BCUT2D eigenvalue weighted by atomic mass is 9.88. The highest BCUT2D eigenvalue weighted by Crippen LogP contribution is 2.39. The Hall–Kier alpha value is -2.69. The fourth-order valence-corrected chi connectivity index (χ4v) is 5.44. The standard InChI is InChI=1S/C33H46F2NO2/c1-5-7-9-11-13-14-17-26-25-21-22-36(24-28-29(34)18-16-19-30(28)35)31(20-15-12-10-8-6-2)27(25)23-32(37-3)33(26)38-4/h14,16-19,23H,5-13,15,20-22,24H2,1-4H3/q+1/b17-14-. The maximum atomic E-state index is 14.6. The van der Waals surface area contributed by atoms with Gasteiger partial charge in [-0.1, -0.05) is 77.0 Å². The number of methoxy groups -OCH3 is 2. The van der Waals surface area contributed by atoms with Crippen molar-refractivity contribution in [2.45, 2.75) is 97.4 Å². The molecule has 38 heavy (non-hydrogen) atoms. The van der Waals surface area contributed by atoms with Crippen LogP contribution in [0.4, 0.5) is 8.78 Å². The topological polar surface area (TPSA) is 21.5 Å². The van der Waals surface area contributed by atoms with Crippen molar-refractivity contribution in [1.29, 1.82) is 0 Å². The summed E-state index contributed by atoms with van der Waals surface area (Å²) in [6, 6.07) is 6.18. The fourth-order valence-electron chi connectivity index (χ4n) is 5.44. The number of allylic oxidation sites excluding steroid dienone is 1. The summed E-state index contributed by atoms with van der Waals surface area (Å²) in [6.45, 7) is 5.37. The van der Waals surface area contributed by atoms with E-state index in [9.17, 15) is 8.78 Å². The van der Waals surface area contributed by atoms with Crippen molar-refractivity contribution >= 4 is 11.8 Å². The van der Waals surface area contributed by atoms with E-state index in [1.165, 1.54) is 68.7 Å². The molecule has 0 saturated carbocycles. The normalized spacial score (nSPS) is 13.3. The summed E-state index contributed by atoms with van der Waals surface area (Å²) in [5.41, 5.74) is 4.70. The second-order valence-corrected chi connectivity index (χ2v) is 10.3. The van der Waals surface area contributed by atoms with Gasteiger partial charge in [0.15, 0.2) is 23.8 Å². The van der Waals surface area contributed by atoms with Gasteiger partial charge in [0.25, 0.3) is 0 Å². The van der Waals surface area contributed by atoms with Crippen molar-refractivity contribution in [3.63, 3.8) is 0 Å². The second-order valence-electron chi connectivity index (χ2n) is 10.3. The lowest BCUT2D eigenvalue weighted by Crippen LogP contribution is -2.31. The van der Waals surface area contributed by atoms with Gasteiger partial charge in [-0.05, 0) is 43.0 Å². The van der Waals surface area contributed by atoms with Crippen LogP contribution >= 0.6 is 0 Å². The number of ether oxygens (including phenoxy) is 2. The van der Waals surface area contributed by atoms with Gasteiger partial charge in [-0.25, -0.2) is 13.4 Å². The zero-order valence-electron chi connectivity index (χ0n) is 23.9. The molecule has 208 valence electrons. The molecule has 0 aliphatic carbocycles. The lowest BCUT2D eigenvalue weighted by Gasteiger charge is -2.24. The van der Waals surface area contributed by atoms with Crippen LogP contribution in [-0.2, 0) is 13.0 Å². The highest BCUT2D eigenvalue weighted by atomic mass is 19.1. The molecule has 2 aromatic rings. The minimum Gasteiger partial charge on any atom is -0.493 e. The molecular formula is C33H46F2NO2+. The molecule has 0 unspecified atom stereocenters. The molecular weight excluding hydrogens is 480 g/mol. The molecule has 0 spiro atoms. The Balaban J connectivity index is 2.04. The number of rotatable bonds is 16. The molecule has 2 aromatic carbocycles. The Bertz CT molecular complexity index is 1090. The summed E-state index contributed by atoms with van der Waals surface area (Å²) in [5.74, 6) is 0.473. The van der Waals surface area contributed by atoms with Crippen LogP contribution in [0.2, 0.25) is 0 Å². The van der Waals surface area contributed by atoms with E-state index in [2.05, 4.69) is 36.6 Å². The summed E-state index contributed by atoms with van der Waals surface area (Å²) in [4.78, 5) is 0. The minimum atomic E-state index is -0.489. The second kappa shape index (κ2) is 15.7. The van der Waals surface area contributed by atoms with Gasteiger partial charge in [0, 0.05) is 24.0 Å². The van der Waals surface area contributed by atoms with Crippen LogP contribution in [0.25, 0.3) is 6.08 Å². The molecule has 1 aliphatic rings. The van der Waals surface area contributed by atoms with Crippen molar-refractivity contribution in [3.8, 4) is 11.5 Å². The quantitative estimate of drug-likeness (QED) is 0.161. The van der Waals surface area contributed by atoms with Gasteiger partial charge >= 0.3 is 0 Å². The molecule has 0 atom stereocenters. The van der Waals surface area contributed by atoms with Crippen molar-refractivity contribution in [2.24, 2.45) is 0 Å². The van der Waals surface area contributed by atoms with Crippen LogP contribution in [0.15, 0.2) is 30.3 Å². The molecule has 1 heterocycles. The van der Waals surface area contributed by atoms with Crippen molar-refractivity contribution in [3.05, 3.63) is 64.2 Å². The summed E-state index contributed by atoms with van der Waals surface area (Å²) in [7, 11) is 3.36. The van der Waals surface area contributed by atoms with Crippen LogP contribution in [0, 0.1) is 11.6 Å². The first-order chi connectivity index (χ1) is 18.5. The highest BCUT2D eigenvalue weighted by molar-refractivity contribution is 6.00. The minimum absolute atomic E-state index is 0.132. The average molecular weight is 527 g/mol. The van der Waals surface area contributed by atoms with E-state index in [0.29, 0.717) is 12.3 Å². The molecule has 0 aromatic heterocycles. The van der Waals surface area contributed by atoms with Gasteiger partial charge in [-0.2, -0.15) is 0 Å². The molecule has 3 nitrogen and oxygen atoms in total. The number of halogens is 2. The zero-order valence-corrected chi connectivity index (χ0v) is 23.9. The molecule has 3 rings (SSSR count). The van der Waals surface area contributed by atoms with E-state index in [1.807, 2.05) is 0 Å². The van der Waals surface area contributed by atoms with Crippen LogP contribution in [0.5, 0.6) is 11.5 Å². The Morgan fingerprint density at radius 2 is 1.58 bits per heavy atom. The molecule has 0 bridgehead atoms. The number of benzene rings is 2. The third-order valence-electron chi connectivity index (χ3n) is 7.58. The Morgan fingerprint density at radius 1 is 0.895 bits per heavy atom. The number of hydrogen-bond donors (Lipinski definition) is 0. The Kier molecular flexibility index (Phi) is 12.3. The van der Waals surface area contributed by atoms with Crippen LogP contribution in [0.3, 0.4) is 0 Å². The van der Waals surface area contributed by atoms with Crippen molar-refractivity contribution in [2.75, 3.05) is 20.8 Å². The predicted molar refractivity (Wildman–Crippen MR) is 154 cm³/mol. The Labute approximate surface area is 228 Å². The summed E-state index contributed by atoms with van der Waals surface area (Å²) in [6.07, 6.45) is 17.8. The number of fused-ring (bicyclic) bond motifs is 1. The maximum Gasteiger partial charge on any atom is 0.184 e. The van der Waals surface area contributed by atoms with E-state index < -0.39 is 11.6 Å². The molecule has 0 saturated heterocycles. The van der Waals surface area contributed by atoms with Crippen LogP contribution in [0.1, 0.15) is 107 Å². The molecule has 0 amide bonds. The van der Waals surface area contributed by atoms with E-state index in [0.717, 1.165) is 54.7 Å². The van der Waals surface area contributed by atoms with Gasteiger partial charge in [-0.15, -0.1) is 0 Å². The van der Waals surface area contributed by atoms with Gasteiger partial charge < -0.3 is 9.47 Å². The van der Waals surface area contributed by atoms with Crippen molar-refractivity contribution in [1.82, 2.24) is 0 Å². The molecule has 0 radical (unpaired) electrons. The Morgan fingerprint density at radius 3 is 2.24 bits per heavy atom. The number of hydrogen-bond acceptors (Lipinski definition) is 2. The number of nitrogens with zero attached hydrogens (tertiary/aromatic N) is 1. The molecule has 0 N–H and O–H groups in total. The zero-order chi connectivity index (χ0) is 27.3. The first kappa shape index (κ1) is 29.9. The summed E-state index contributed by atoms with van der Waals surface area (Å²) >= 11 is 0. The van der Waals surface area contributed by atoms with Crippen molar-refractivity contribution < 1.29 is 22.8 Å². The maximum absolute atomic E-state index is 14.6. The van der Waals surface area contributed by atoms with E-state index in [-0.39, 0.29) is 12.1 Å². The first-order valence-corrected chi connectivity index (χ1v) is 14.5. The largest absolute Gasteiger partial charge is 0.493 e. The van der Waals surface area contributed by atoms with E-state index >= 15 is 0 Å². The number of unbranched alkanes of at least 4 members (excludes halogenated alkanes) is 8. The van der Waals surface area contributed by atoms with Gasteiger partial charge in [0.05, 0.1) is 19.8 Å². The van der Waals surface area contributed by atoms with E-state index in [4.69, 9.17) is 9.47 Å². The third kappa shape index (κ3) is 7.68. The van der Waals surface area contributed by atoms with Gasteiger partial charge in [0.1, 0.15) is 18.2 Å². The summed E-state index contributed by atoms with van der Waals surface area (Å²) in [5, 5.41) is 0. The monoisotopic (exact) mass is 526 g/mol. The van der Waals surface area contributed by atoms with E-state index in [1.54, 1.807) is 14.2 Å². The van der Waals surface area contributed by atoms with Crippen LogP contribution in [-0.4, -0.2) is 31.1 Å². The fraction of sp³-hybridized carbons (Fsp3) is 0.545. The third-order valence-corrected chi connectivity index (χ3v) is 7.58. The molecule has 1 aliphatic heterocycles. The van der Waals surface area contributed by atoms with Gasteiger partial charge in [0.2, 0.25) is 0 Å². The average Bonchev–Trinajstić information content (AvgIpc) is 2.92. The van der Waals surface area contributed by atoms with Gasteiger partial charge in [-0.3, -0.25) is 0 Å².